The zero-order valence-electron chi connectivity index (χ0n) is 12.6. The van der Waals surface area contributed by atoms with Crippen molar-refractivity contribution in [2.24, 2.45) is 16.2 Å². The van der Waals surface area contributed by atoms with Crippen molar-refractivity contribution < 1.29 is 9.59 Å². The molecular formula is C17H20BrNO2. The van der Waals surface area contributed by atoms with E-state index in [4.69, 9.17) is 0 Å². The highest BCUT2D eigenvalue weighted by atomic mass is 79.9. The SMILES string of the molecule is CC1(C)[C@]2(C(=O)Nc3ccccc3Br)CC[C@@]1(C)C(=O)C2. The van der Waals surface area contributed by atoms with Crippen LogP contribution in [0.3, 0.4) is 0 Å². The lowest BCUT2D eigenvalue weighted by Crippen LogP contribution is -2.43. The van der Waals surface area contributed by atoms with E-state index in [2.05, 4.69) is 35.1 Å². The van der Waals surface area contributed by atoms with Crippen LogP contribution in [0.25, 0.3) is 0 Å². The Morgan fingerprint density at radius 2 is 1.86 bits per heavy atom. The van der Waals surface area contributed by atoms with E-state index in [0.29, 0.717) is 6.42 Å². The minimum Gasteiger partial charge on any atom is -0.325 e. The number of Topliss-reactive ketones (excluding diaryl/α,β-unsaturated/α-hetero) is 1. The number of fused-ring (bicyclic) bond motifs is 2. The van der Waals surface area contributed by atoms with Gasteiger partial charge in [-0.3, -0.25) is 9.59 Å². The summed E-state index contributed by atoms with van der Waals surface area (Å²) in [6, 6.07) is 7.57. The topological polar surface area (TPSA) is 46.2 Å². The van der Waals surface area contributed by atoms with Crippen molar-refractivity contribution >= 4 is 33.3 Å². The molecule has 2 bridgehead atoms. The van der Waals surface area contributed by atoms with Gasteiger partial charge in [-0.1, -0.05) is 32.9 Å². The predicted molar refractivity (Wildman–Crippen MR) is 86.0 cm³/mol. The number of hydrogen-bond acceptors (Lipinski definition) is 2. The van der Waals surface area contributed by atoms with Crippen LogP contribution < -0.4 is 5.32 Å². The number of amides is 1. The molecule has 0 aliphatic heterocycles. The Morgan fingerprint density at radius 1 is 1.19 bits per heavy atom. The van der Waals surface area contributed by atoms with Crippen LogP contribution >= 0.6 is 15.9 Å². The van der Waals surface area contributed by atoms with E-state index in [1.165, 1.54) is 0 Å². The maximum Gasteiger partial charge on any atom is 0.231 e. The maximum atomic E-state index is 13.0. The Kier molecular flexibility index (Phi) is 3.11. The third kappa shape index (κ3) is 1.71. The fourth-order valence-electron chi connectivity index (χ4n) is 4.17. The minimum atomic E-state index is -0.575. The highest BCUT2D eigenvalue weighted by molar-refractivity contribution is 9.10. The second-order valence-corrected chi connectivity index (χ2v) is 7.93. The highest BCUT2D eigenvalue weighted by Crippen LogP contribution is 2.70. The monoisotopic (exact) mass is 349 g/mol. The van der Waals surface area contributed by atoms with Gasteiger partial charge in [-0.2, -0.15) is 0 Å². The summed E-state index contributed by atoms with van der Waals surface area (Å²) >= 11 is 3.45. The smallest absolute Gasteiger partial charge is 0.231 e. The summed E-state index contributed by atoms with van der Waals surface area (Å²) in [5.74, 6) is 0.218. The first-order valence-corrected chi connectivity index (χ1v) is 8.13. The molecule has 112 valence electrons. The van der Waals surface area contributed by atoms with Crippen molar-refractivity contribution in [1.82, 2.24) is 0 Å². The second-order valence-electron chi connectivity index (χ2n) is 7.07. The standard InChI is InChI=1S/C17H20BrNO2/c1-15(2)16(3)8-9-17(15,10-13(16)20)14(21)19-12-7-5-4-6-11(12)18/h4-7H,8-10H2,1-3H3,(H,19,21)/t16-,17+/m0/s1. The largest absolute Gasteiger partial charge is 0.325 e. The number of para-hydroxylation sites is 1. The van der Waals surface area contributed by atoms with Crippen molar-refractivity contribution in [3.8, 4) is 0 Å². The van der Waals surface area contributed by atoms with Gasteiger partial charge in [0.1, 0.15) is 5.78 Å². The molecule has 0 unspecified atom stereocenters. The van der Waals surface area contributed by atoms with Crippen LogP contribution in [0.1, 0.15) is 40.0 Å². The Bertz CT molecular complexity index is 639. The Hall–Kier alpha value is -1.16. The summed E-state index contributed by atoms with van der Waals surface area (Å²) in [5.41, 5.74) is -0.477. The summed E-state index contributed by atoms with van der Waals surface area (Å²) in [7, 11) is 0. The molecule has 1 aromatic carbocycles. The third-order valence-electron chi connectivity index (χ3n) is 6.26. The van der Waals surface area contributed by atoms with E-state index in [9.17, 15) is 9.59 Å². The van der Waals surface area contributed by atoms with Crippen LogP contribution in [-0.2, 0) is 9.59 Å². The fourth-order valence-corrected chi connectivity index (χ4v) is 4.55. The number of anilines is 1. The second kappa shape index (κ2) is 4.42. The number of hydrogen-bond donors (Lipinski definition) is 1. The maximum absolute atomic E-state index is 13.0. The lowest BCUT2D eigenvalue weighted by Gasteiger charge is -2.38. The number of nitrogens with one attached hydrogen (secondary N) is 1. The molecule has 3 rings (SSSR count). The van der Waals surface area contributed by atoms with Crippen LogP contribution in [0.15, 0.2) is 28.7 Å². The molecule has 2 saturated carbocycles. The normalized spacial score (nSPS) is 33.2. The van der Waals surface area contributed by atoms with Gasteiger partial charge in [0.15, 0.2) is 0 Å². The number of ketones is 1. The molecule has 0 saturated heterocycles. The van der Waals surface area contributed by atoms with Crippen molar-refractivity contribution in [1.29, 1.82) is 0 Å². The van der Waals surface area contributed by atoms with Gasteiger partial charge < -0.3 is 5.32 Å². The van der Waals surface area contributed by atoms with Crippen molar-refractivity contribution in [3.63, 3.8) is 0 Å². The molecular weight excluding hydrogens is 330 g/mol. The van der Waals surface area contributed by atoms with E-state index in [-0.39, 0.29) is 22.5 Å². The molecule has 2 fully saturated rings. The summed E-state index contributed by atoms with van der Waals surface area (Å²) in [5, 5.41) is 3.03. The molecule has 0 radical (unpaired) electrons. The molecule has 0 aromatic heterocycles. The Balaban J connectivity index is 1.96. The fraction of sp³-hybridized carbons (Fsp3) is 0.529. The molecule has 4 heteroatoms. The van der Waals surface area contributed by atoms with E-state index in [1.54, 1.807) is 0 Å². The molecule has 3 nitrogen and oxygen atoms in total. The zero-order valence-corrected chi connectivity index (χ0v) is 14.2. The van der Waals surface area contributed by atoms with Crippen LogP contribution in [0.5, 0.6) is 0 Å². The molecule has 21 heavy (non-hydrogen) atoms. The van der Waals surface area contributed by atoms with Gasteiger partial charge in [-0.25, -0.2) is 0 Å². The Labute approximate surface area is 133 Å². The number of carbonyl (C=O) groups is 2. The number of carbonyl (C=O) groups excluding carboxylic acids is 2. The lowest BCUT2D eigenvalue weighted by molar-refractivity contribution is -0.131. The molecule has 1 amide bonds. The summed E-state index contributed by atoms with van der Waals surface area (Å²) in [4.78, 5) is 25.4. The average molecular weight is 350 g/mol. The van der Waals surface area contributed by atoms with E-state index in [0.717, 1.165) is 23.0 Å². The van der Waals surface area contributed by atoms with Gasteiger partial charge in [0, 0.05) is 16.3 Å². The molecule has 2 aliphatic carbocycles. The molecule has 2 aliphatic rings. The molecule has 1 aromatic rings. The molecule has 0 heterocycles. The first kappa shape index (κ1) is 14.8. The summed E-state index contributed by atoms with van der Waals surface area (Å²) in [6.07, 6.45) is 1.97. The van der Waals surface area contributed by atoms with E-state index in [1.807, 2.05) is 31.2 Å². The Morgan fingerprint density at radius 3 is 2.38 bits per heavy atom. The van der Waals surface area contributed by atoms with Crippen molar-refractivity contribution in [2.45, 2.75) is 40.0 Å². The first-order chi connectivity index (χ1) is 9.74. The van der Waals surface area contributed by atoms with Gasteiger partial charge in [-0.05, 0) is 46.3 Å². The minimum absolute atomic E-state index is 0.0195. The number of rotatable bonds is 2. The van der Waals surface area contributed by atoms with Crippen LogP contribution in [0.2, 0.25) is 0 Å². The summed E-state index contributed by atoms with van der Waals surface area (Å²) < 4.78 is 0.859. The molecule has 2 atom stereocenters. The van der Waals surface area contributed by atoms with E-state index < -0.39 is 5.41 Å². The third-order valence-corrected chi connectivity index (χ3v) is 6.95. The van der Waals surface area contributed by atoms with Gasteiger partial charge in [0.25, 0.3) is 0 Å². The molecule has 1 N–H and O–H groups in total. The number of halogens is 1. The summed E-state index contributed by atoms with van der Waals surface area (Å²) in [6.45, 7) is 6.17. The van der Waals surface area contributed by atoms with Gasteiger partial charge in [-0.15, -0.1) is 0 Å². The van der Waals surface area contributed by atoms with Crippen LogP contribution in [-0.4, -0.2) is 11.7 Å². The molecule has 0 spiro atoms. The highest BCUT2D eigenvalue weighted by Gasteiger charge is 2.72. The average Bonchev–Trinajstić information content (AvgIpc) is 2.72. The van der Waals surface area contributed by atoms with Crippen molar-refractivity contribution in [3.05, 3.63) is 28.7 Å². The van der Waals surface area contributed by atoms with E-state index >= 15 is 0 Å². The lowest BCUT2D eigenvalue weighted by atomic mass is 9.64. The van der Waals surface area contributed by atoms with Crippen molar-refractivity contribution in [2.75, 3.05) is 5.32 Å². The predicted octanol–water partition coefficient (Wildman–Crippen LogP) is 4.17. The van der Waals surface area contributed by atoms with Crippen LogP contribution in [0, 0.1) is 16.2 Å². The zero-order chi connectivity index (χ0) is 15.5. The van der Waals surface area contributed by atoms with Gasteiger partial charge in [0.05, 0.1) is 11.1 Å². The first-order valence-electron chi connectivity index (χ1n) is 7.34. The van der Waals surface area contributed by atoms with Gasteiger partial charge >= 0.3 is 0 Å². The quantitative estimate of drug-likeness (QED) is 0.870. The van der Waals surface area contributed by atoms with Gasteiger partial charge in [0.2, 0.25) is 5.91 Å². The van der Waals surface area contributed by atoms with Crippen LogP contribution in [0.4, 0.5) is 5.69 Å². The number of benzene rings is 1.